The highest BCUT2D eigenvalue weighted by molar-refractivity contribution is 5.72. The Morgan fingerprint density at radius 2 is 1.50 bits per heavy atom. The van der Waals surface area contributed by atoms with Crippen LogP contribution in [0.5, 0.6) is 0 Å². The molecule has 2 unspecified atom stereocenters. The first-order chi connectivity index (χ1) is 18.3. The zero-order valence-electron chi connectivity index (χ0n) is 23.6. The van der Waals surface area contributed by atoms with Crippen LogP contribution in [0.2, 0.25) is 0 Å². The van der Waals surface area contributed by atoms with E-state index >= 15 is 0 Å². The minimum Gasteiger partial charge on any atom is -0.465 e. The van der Waals surface area contributed by atoms with Crippen LogP contribution in [-0.4, -0.2) is 48.6 Å². The fourth-order valence-electron chi connectivity index (χ4n) is 5.13. The van der Waals surface area contributed by atoms with Gasteiger partial charge in [-0.3, -0.25) is 9.59 Å². The largest absolute Gasteiger partial charge is 0.465 e. The number of benzene rings is 1. The van der Waals surface area contributed by atoms with Crippen LogP contribution in [0, 0.1) is 35.4 Å². The van der Waals surface area contributed by atoms with E-state index in [-0.39, 0.29) is 38.2 Å². The van der Waals surface area contributed by atoms with Gasteiger partial charge < -0.3 is 19.7 Å². The highest BCUT2D eigenvalue weighted by Crippen LogP contribution is 2.35. The number of aryl methyl sites for hydroxylation is 2. The number of unbranched alkanes of at least 4 members (excludes halogenated alkanes) is 2. The number of hydrogen-bond donors (Lipinski definition) is 2. The molecule has 0 aliphatic heterocycles. The molecule has 2 atom stereocenters. The maximum atomic E-state index is 14.5. The fraction of sp³-hybridized carbons (Fsp3) is 0.742. The highest BCUT2D eigenvalue weighted by Gasteiger charge is 2.26. The summed E-state index contributed by atoms with van der Waals surface area (Å²) < 4.78 is 25.3. The van der Waals surface area contributed by atoms with Gasteiger partial charge in [0.2, 0.25) is 0 Å². The Kier molecular flexibility index (Phi) is 14.9. The summed E-state index contributed by atoms with van der Waals surface area (Å²) >= 11 is 0. The molecule has 0 spiro atoms. The van der Waals surface area contributed by atoms with Gasteiger partial charge in [-0.05, 0) is 75.0 Å². The maximum absolute atomic E-state index is 14.5. The molecule has 0 radical (unpaired) electrons. The van der Waals surface area contributed by atoms with E-state index in [2.05, 4.69) is 13.0 Å². The van der Waals surface area contributed by atoms with Crippen LogP contribution < -0.4 is 0 Å². The Balaban J connectivity index is 1.81. The second-order valence-electron chi connectivity index (χ2n) is 11.3. The minimum atomic E-state index is -0.589. The van der Waals surface area contributed by atoms with E-state index in [4.69, 9.17) is 9.47 Å². The molecule has 0 bridgehead atoms. The van der Waals surface area contributed by atoms with E-state index < -0.39 is 23.8 Å². The van der Waals surface area contributed by atoms with Gasteiger partial charge in [0.25, 0.3) is 0 Å². The molecular weight excluding hydrogens is 487 g/mol. The molecule has 1 saturated carbocycles. The maximum Gasteiger partial charge on any atom is 0.310 e. The summed E-state index contributed by atoms with van der Waals surface area (Å²) in [6.07, 6.45) is 11.2. The molecule has 216 valence electrons. The minimum absolute atomic E-state index is 0.0727. The molecule has 0 aromatic heterocycles. The predicted octanol–water partition coefficient (Wildman–Crippen LogP) is 5.65. The number of aliphatic hydroxyl groups is 2. The van der Waals surface area contributed by atoms with Crippen molar-refractivity contribution in [2.75, 3.05) is 26.4 Å². The van der Waals surface area contributed by atoms with Crippen molar-refractivity contribution in [3.63, 3.8) is 0 Å². The van der Waals surface area contributed by atoms with Gasteiger partial charge in [0.15, 0.2) is 0 Å². The summed E-state index contributed by atoms with van der Waals surface area (Å²) in [5, 5.41) is 18.4. The number of hydrogen-bond acceptors (Lipinski definition) is 6. The number of ether oxygens (including phenoxy) is 2. The zero-order valence-corrected chi connectivity index (χ0v) is 23.6. The van der Waals surface area contributed by atoms with Crippen molar-refractivity contribution in [1.82, 2.24) is 0 Å². The van der Waals surface area contributed by atoms with Crippen molar-refractivity contribution in [2.45, 2.75) is 91.4 Å². The first-order valence-corrected chi connectivity index (χ1v) is 14.6. The van der Waals surface area contributed by atoms with Crippen LogP contribution in [0.15, 0.2) is 18.2 Å². The zero-order chi connectivity index (χ0) is 27.9. The SMILES string of the molecule is CCCCCc1ccc(CCC2CCC(CC(COC(=O)C(C)CO)COC(=O)C(C)CO)CC2)cc1F. The van der Waals surface area contributed by atoms with Gasteiger partial charge in [0.1, 0.15) is 5.82 Å². The molecule has 1 aromatic carbocycles. The van der Waals surface area contributed by atoms with E-state index in [1.54, 1.807) is 19.9 Å². The Labute approximate surface area is 228 Å². The molecule has 38 heavy (non-hydrogen) atoms. The normalized spacial score (nSPS) is 19.9. The molecule has 6 nitrogen and oxygen atoms in total. The topological polar surface area (TPSA) is 93.1 Å². The van der Waals surface area contributed by atoms with Crippen molar-refractivity contribution < 1.29 is 33.7 Å². The lowest BCUT2D eigenvalue weighted by Crippen LogP contribution is -2.28. The number of aliphatic hydroxyl groups excluding tert-OH is 2. The Bertz CT molecular complexity index is 810. The summed E-state index contributed by atoms with van der Waals surface area (Å²) in [6, 6.07) is 5.76. The fourth-order valence-corrected chi connectivity index (χ4v) is 5.13. The van der Waals surface area contributed by atoms with E-state index in [0.717, 1.165) is 81.8 Å². The van der Waals surface area contributed by atoms with Gasteiger partial charge in [-0.2, -0.15) is 0 Å². The summed E-state index contributed by atoms with van der Waals surface area (Å²) in [4.78, 5) is 24.1. The summed E-state index contributed by atoms with van der Waals surface area (Å²) in [6.45, 7) is 5.11. The third-order valence-electron chi connectivity index (χ3n) is 7.92. The standard InChI is InChI=1S/C31H49FO6/c1-4-5-6-7-28-15-14-26(17-29(28)32)13-10-24-8-11-25(12-9-24)16-27(20-37-30(35)22(2)18-33)21-38-31(36)23(3)19-34/h14-15,17,22-25,27,33-34H,4-13,16,18-21H2,1-3H3. The highest BCUT2D eigenvalue weighted by atomic mass is 19.1. The molecule has 0 saturated heterocycles. The Hall–Kier alpha value is -1.99. The molecule has 2 N–H and O–H groups in total. The number of carbonyl (C=O) groups excluding carboxylic acids is 2. The van der Waals surface area contributed by atoms with Gasteiger partial charge >= 0.3 is 11.9 Å². The van der Waals surface area contributed by atoms with Crippen LogP contribution in [0.25, 0.3) is 0 Å². The summed E-state index contributed by atoms with van der Waals surface area (Å²) in [5.74, 6) is -1.22. The Morgan fingerprint density at radius 1 is 0.921 bits per heavy atom. The lowest BCUT2D eigenvalue weighted by atomic mass is 9.76. The molecule has 2 rings (SSSR count). The van der Waals surface area contributed by atoms with E-state index in [1.165, 1.54) is 0 Å². The molecule has 1 aromatic rings. The lowest BCUT2D eigenvalue weighted by molar-refractivity contribution is -0.155. The first kappa shape index (κ1) is 32.2. The van der Waals surface area contributed by atoms with E-state index in [1.807, 2.05) is 6.07 Å². The van der Waals surface area contributed by atoms with Crippen molar-refractivity contribution in [3.8, 4) is 0 Å². The third-order valence-corrected chi connectivity index (χ3v) is 7.92. The van der Waals surface area contributed by atoms with Crippen molar-refractivity contribution in [2.24, 2.45) is 29.6 Å². The van der Waals surface area contributed by atoms with Crippen LogP contribution in [0.1, 0.15) is 89.7 Å². The molecule has 0 amide bonds. The predicted molar refractivity (Wildman–Crippen MR) is 146 cm³/mol. The molecular formula is C31H49FO6. The van der Waals surface area contributed by atoms with Gasteiger partial charge in [0.05, 0.1) is 38.3 Å². The lowest BCUT2D eigenvalue weighted by Gasteiger charge is -2.31. The second kappa shape index (κ2) is 17.6. The van der Waals surface area contributed by atoms with Crippen molar-refractivity contribution >= 4 is 11.9 Å². The summed E-state index contributed by atoms with van der Waals surface area (Å²) in [5.41, 5.74) is 1.90. The number of carbonyl (C=O) groups is 2. The molecule has 0 heterocycles. The molecule has 1 aliphatic carbocycles. The number of esters is 2. The van der Waals surface area contributed by atoms with Crippen LogP contribution in [0.3, 0.4) is 0 Å². The Morgan fingerprint density at radius 3 is 2.03 bits per heavy atom. The van der Waals surface area contributed by atoms with Gasteiger partial charge in [0, 0.05) is 5.92 Å². The van der Waals surface area contributed by atoms with E-state index in [0.29, 0.717) is 11.8 Å². The molecule has 1 fully saturated rings. The smallest absolute Gasteiger partial charge is 0.310 e. The van der Waals surface area contributed by atoms with Crippen LogP contribution in [-0.2, 0) is 31.9 Å². The van der Waals surface area contributed by atoms with Crippen LogP contribution in [0.4, 0.5) is 4.39 Å². The first-order valence-electron chi connectivity index (χ1n) is 14.6. The molecule has 1 aliphatic rings. The van der Waals surface area contributed by atoms with Gasteiger partial charge in [-0.25, -0.2) is 4.39 Å². The van der Waals surface area contributed by atoms with Crippen molar-refractivity contribution in [1.29, 1.82) is 0 Å². The second-order valence-corrected chi connectivity index (χ2v) is 11.3. The average Bonchev–Trinajstić information content (AvgIpc) is 2.93. The van der Waals surface area contributed by atoms with Gasteiger partial charge in [-0.15, -0.1) is 0 Å². The van der Waals surface area contributed by atoms with Crippen molar-refractivity contribution in [3.05, 3.63) is 35.1 Å². The number of halogens is 1. The van der Waals surface area contributed by atoms with E-state index in [9.17, 15) is 24.2 Å². The number of rotatable bonds is 17. The quantitative estimate of drug-likeness (QED) is 0.198. The molecule has 7 heteroatoms. The van der Waals surface area contributed by atoms with Gasteiger partial charge in [-0.1, -0.05) is 57.6 Å². The summed E-state index contributed by atoms with van der Waals surface area (Å²) in [7, 11) is 0. The monoisotopic (exact) mass is 536 g/mol. The average molecular weight is 537 g/mol. The van der Waals surface area contributed by atoms with Crippen LogP contribution >= 0.6 is 0 Å². The third kappa shape index (κ3) is 11.4.